The summed E-state index contributed by atoms with van der Waals surface area (Å²) in [6, 6.07) is 8.47. The Morgan fingerprint density at radius 3 is 2.40 bits per heavy atom. The lowest BCUT2D eigenvalue weighted by Gasteiger charge is -2.24. The zero-order valence-corrected chi connectivity index (χ0v) is 15.6. The fourth-order valence-corrected chi connectivity index (χ4v) is 1.66. The maximum absolute atomic E-state index is 4.23. The quantitative estimate of drug-likeness (QED) is 0.474. The maximum Gasteiger partial charge on any atom is 0.191 e. The summed E-state index contributed by atoms with van der Waals surface area (Å²) in [7, 11) is 5.89. The molecular formula is C15H27IN4. The number of benzene rings is 1. The highest BCUT2D eigenvalue weighted by Crippen LogP contribution is 2.13. The molecule has 0 saturated heterocycles. The molecule has 20 heavy (non-hydrogen) atoms. The molecule has 5 heteroatoms. The number of nitrogens with one attached hydrogen (secondary N) is 2. The molecule has 1 aromatic carbocycles. The minimum atomic E-state index is 0. The molecule has 0 aliphatic heterocycles. The van der Waals surface area contributed by atoms with Gasteiger partial charge in [0.1, 0.15) is 0 Å². The first-order chi connectivity index (χ1) is 8.81. The zero-order chi connectivity index (χ0) is 14.5. The number of halogens is 1. The van der Waals surface area contributed by atoms with Crippen LogP contribution in [0.1, 0.15) is 26.3 Å². The van der Waals surface area contributed by atoms with Crippen LogP contribution >= 0.6 is 24.0 Å². The van der Waals surface area contributed by atoms with Gasteiger partial charge in [-0.2, -0.15) is 0 Å². The lowest BCUT2D eigenvalue weighted by Crippen LogP contribution is -2.47. The van der Waals surface area contributed by atoms with Crippen molar-refractivity contribution in [3.05, 3.63) is 29.8 Å². The molecule has 0 bridgehead atoms. The van der Waals surface area contributed by atoms with Crippen LogP contribution in [0.25, 0.3) is 0 Å². The standard InChI is InChI=1S/C15H26N4.HI/c1-15(2,3)18-14(16-4)17-11-12-8-7-9-13(10-12)19(5)6;/h7-10H,11H2,1-6H3,(H2,16,17,18);1H. The van der Waals surface area contributed by atoms with Crippen molar-refractivity contribution in [3.8, 4) is 0 Å². The van der Waals surface area contributed by atoms with Crippen LogP contribution in [0, 0.1) is 0 Å². The van der Waals surface area contributed by atoms with E-state index in [4.69, 9.17) is 0 Å². The molecule has 0 saturated carbocycles. The predicted molar refractivity (Wildman–Crippen MR) is 99.3 cm³/mol. The molecular weight excluding hydrogens is 363 g/mol. The van der Waals surface area contributed by atoms with Gasteiger partial charge < -0.3 is 15.5 Å². The van der Waals surface area contributed by atoms with Gasteiger partial charge in [-0.05, 0) is 38.5 Å². The summed E-state index contributed by atoms with van der Waals surface area (Å²) in [4.78, 5) is 6.33. The van der Waals surface area contributed by atoms with Gasteiger partial charge in [-0.3, -0.25) is 4.99 Å². The van der Waals surface area contributed by atoms with Crippen LogP contribution in [0.3, 0.4) is 0 Å². The molecule has 114 valence electrons. The monoisotopic (exact) mass is 390 g/mol. The van der Waals surface area contributed by atoms with Crippen molar-refractivity contribution in [3.63, 3.8) is 0 Å². The van der Waals surface area contributed by atoms with Crippen LogP contribution in [0.15, 0.2) is 29.3 Å². The van der Waals surface area contributed by atoms with Gasteiger partial charge in [-0.25, -0.2) is 0 Å². The first kappa shape index (κ1) is 19.0. The Kier molecular flexibility index (Phi) is 7.93. The number of nitrogens with zero attached hydrogens (tertiary/aromatic N) is 2. The Bertz CT molecular complexity index is 436. The number of rotatable bonds is 3. The van der Waals surface area contributed by atoms with E-state index in [0.717, 1.165) is 12.5 Å². The fourth-order valence-electron chi connectivity index (χ4n) is 1.66. The smallest absolute Gasteiger partial charge is 0.191 e. The van der Waals surface area contributed by atoms with Gasteiger partial charge >= 0.3 is 0 Å². The van der Waals surface area contributed by atoms with E-state index in [-0.39, 0.29) is 29.5 Å². The number of anilines is 1. The molecule has 1 rings (SSSR count). The molecule has 0 heterocycles. The average Bonchev–Trinajstić information content (AvgIpc) is 2.33. The minimum absolute atomic E-state index is 0. The SMILES string of the molecule is CN=C(NCc1cccc(N(C)C)c1)NC(C)(C)C.I. The normalized spacial score (nSPS) is 11.6. The third-order valence-electron chi connectivity index (χ3n) is 2.60. The number of guanidine groups is 1. The van der Waals surface area contributed by atoms with Crippen LogP contribution in [0.2, 0.25) is 0 Å². The zero-order valence-electron chi connectivity index (χ0n) is 13.3. The lowest BCUT2D eigenvalue weighted by atomic mass is 10.1. The highest BCUT2D eigenvalue weighted by molar-refractivity contribution is 14.0. The summed E-state index contributed by atoms with van der Waals surface area (Å²) in [5.74, 6) is 0.822. The third kappa shape index (κ3) is 6.98. The molecule has 1 aromatic rings. The molecule has 0 fully saturated rings. The number of hydrogen-bond donors (Lipinski definition) is 2. The molecule has 0 atom stereocenters. The van der Waals surface area contributed by atoms with Crippen molar-refractivity contribution in [1.29, 1.82) is 0 Å². The summed E-state index contributed by atoms with van der Waals surface area (Å²) < 4.78 is 0. The molecule has 0 radical (unpaired) electrons. The van der Waals surface area contributed by atoms with Crippen LogP contribution < -0.4 is 15.5 Å². The summed E-state index contributed by atoms with van der Waals surface area (Å²) in [6.07, 6.45) is 0. The second-order valence-electron chi connectivity index (χ2n) is 5.87. The Balaban J connectivity index is 0.00000361. The minimum Gasteiger partial charge on any atom is -0.378 e. The van der Waals surface area contributed by atoms with E-state index < -0.39 is 0 Å². The van der Waals surface area contributed by atoms with Gasteiger partial charge in [0.05, 0.1) is 0 Å². The number of aliphatic imine (C=N–C) groups is 1. The molecule has 0 amide bonds. The van der Waals surface area contributed by atoms with Crippen molar-refractivity contribution >= 4 is 35.6 Å². The van der Waals surface area contributed by atoms with Gasteiger partial charge in [-0.1, -0.05) is 12.1 Å². The summed E-state index contributed by atoms with van der Waals surface area (Å²) in [5, 5.41) is 6.67. The van der Waals surface area contributed by atoms with Gasteiger partial charge in [0, 0.05) is 38.9 Å². The Morgan fingerprint density at radius 1 is 1.25 bits per heavy atom. The Morgan fingerprint density at radius 2 is 1.90 bits per heavy atom. The average molecular weight is 390 g/mol. The summed E-state index contributed by atoms with van der Waals surface area (Å²) in [5.41, 5.74) is 2.45. The molecule has 4 nitrogen and oxygen atoms in total. The Labute approximate surface area is 140 Å². The van der Waals surface area contributed by atoms with E-state index in [1.807, 2.05) is 14.1 Å². The van der Waals surface area contributed by atoms with Gasteiger partial charge in [0.2, 0.25) is 0 Å². The first-order valence-corrected chi connectivity index (χ1v) is 6.57. The third-order valence-corrected chi connectivity index (χ3v) is 2.60. The summed E-state index contributed by atoms with van der Waals surface area (Å²) in [6.45, 7) is 7.11. The fraction of sp³-hybridized carbons (Fsp3) is 0.533. The van der Waals surface area contributed by atoms with Gasteiger partial charge in [0.25, 0.3) is 0 Å². The number of hydrogen-bond acceptors (Lipinski definition) is 2. The van der Waals surface area contributed by atoms with Crippen molar-refractivity contribution < 1.29 is 0 Å². The van der Waals surface area contributed by atoms with Crippen molar-refractivity contribution in [2.24, 2.45) is 4.99 Å². The topological polar surface area (TPSA) is 39.7 Å². The highest BCUT2D eigenvalue weighted by atomic mass is 127. The van der Waals surface area contributed by atoms with Crippen LogP contribution in [-0.2, 0) is 6.54 Å². The van der Waals surface area contributed by atoms with E-state index in [1.54, 1.807) is 7.05 Å². The van der Waals surface area contributed by atoms with Gasteiger partial charge in [0.15, 0.2) is 5.96 Å². The molecule has 0 aliphatic rings. The van der Waals surface area contributed by atoms with Crippen molar-refractivity contribution in [2.45, 2.75) is 32.9 Å². The summed E-state index contributed by atoms with van der Waals surface area (Å²) >= 11 is 0. The maximum atomic E-state index is 4.23. The second kappa shape index (κ2) is 8.34. The van der Waals surface area contributed by atoms with Crippen LogP contribution in [0.4, 0.5) is 5.69 Å². The molecule has 0 aromatic heterocycles. The largest absolute Gasteiger partial charge is 0.378 e. The van der Waals surface area contributed by atoms with Crippen molar-refractivity contribution in [2.75, 3.05) is 26.0 Å². The Hall–Kier alpha value is -0.980. The molecule has 2 N–H and O–H groups in total. The predicted octanol–water partition coefficient (Wildman–Crippen LogP) is 2.83. The lowest BCUT2D eigenvalue weighted by molar-refractivity contribution is 0.501. The first-order valence-electron chi connectivity index (χ1n) is 6.57. The molecule has 0 unspecified atom stereocenters. The van der Waals surface area contributed by atoms with Crippen molar-refractivity contribution in [1.82, 2.24) is 10.6 Å². The van der Waals surface area contributed by atoms with Crippen LogP contribution in [-0.4, -0.2) is 32.6 Å². The van der Waals surface area contributed by atoms with E-state index in [0.29, 0.717) is 0 Å². The van der Waals surface area contributed by atoms with E-state index >= 15 is 0 Å². The second-order valence-corrected chi connectivity index (χ2v) is 5.87. The van der Waals surface area contributed by atoms with Gasteiger partial charge in [-0.15, -0.1) is 24.0 Å². The van der Waals surface area contributed by atoms with Crippen LogP contribution in [0.5, 0.6) is 0 Å². The van der Waals surface area contributed by atoms with E-state index in [2.05, 4.69) is 65.6 Å². The molecule has 0 aliphatic carbocycles. The van der Waals surface area contributed by atoms with E-state index in [9.17, 15) is 0 Å². The van der Waals surface area contributed by atoms with E-state index in [1.165, 1.54) is 11.3 Å². The molecule has 0 spiro atoms. The highest BCUT2D eigenvalue weighted by Gasteiger charge is 2.11.